The molecule has 0 aliphatic carbocycles. The van der Waals surface area contributed by atoms with Crippen LogP contribution in [-0.2, 0) is 11.3 Å². The lowest BCUT2D eigenvalue weighted by Gasteiger charge is -2.30. The van der Waals surface area contributed by atoms with Gasteiger partial charge in [-0.3, -0.25) is 9.69 Å². The van der Waals surface area contributed by atoms with Crippen molar-refractivity contribution in [3.8, 4) is 0 Å². The highest BCUT2D eigenvalue weighted by Gasteiger charge is 2.22. The van der Waals surface area contributed by atoms with Gasteiger partial charge in [-0.2, -0.15) is 0 Å². The summed E-state index contributed by atoms with van der Waals surface area (Å²) in [6.07, 6.45) is 1.97. The van der Waals surface area contributed by atoms with Crippen molar-refractivity contribution in [3.05, 3.63) is 34.9 Å². The van der Waals surface area contributed by atoms with Gasteiger partial charge in [0.1, 0.15) is 5.78 Å². The van der Waals surface area contributed by atoms with Gasteiger partial charge in [0.25, 0.3) is 0 Å². The molecule has 1 aliphatic rings. The van der Waals surface area contributed by atoms with Crippen LogP contribution in [-0.4, -0.2) is 23.8 Å². The fourth-order valence-electron chi connectivity index (χ4n) is 2.37. The molecule has 0 aromatic heterocycles. The van der Waals surface area contributed by atoms with Crippen molar-refractivity contribution in [1.29, 1.82) is 0 Å². The molecule has 1 heterocycles. The van der Waals surface area contributed by atoms with Crippen LogP contribution in [0.1, 0.15) is 25.3 Å². The van der Waals surface area contributed by atoms with Crippen LogP contribution in [0.15, 0.2) is 24.3 Å². The molecule has 3 heteroatoms. The monoisotopic (exact) mass is 251 g/mol. The van der Waals surface area contributed by atoms with E-state index < -0.39 is 0 Å². The third-order valence-electron chi connectivity index (χ3n) is 3.51. The van der Waals surface area contributed by atoms with E-state index >= 15 is 0 Å². The van der Waals surface area contributed by atoms with Crippen LogP contribution >= 0.6 is 11.6 Å². The van der Waals surface area contributed by atoms with Gasteiger partial charge in [0.2, 0.25) is 0 Å². The maximum Gasteiger partial charge on any atom is 0.133 e. The number of ketones is 1. The number of hydrogen-bond donors (Lipinski definition) is 0. The lowest BCUT2D eigenvalue weighted by Crippen LogP contribution is -2.35. The number of carbonyl (C=O) groups is 1. The molecule has 0 radical (unpaired) electrons. The molecule has 92 valence electrons. The first-order valence-corrected chi connectivity index (χ1v) is 6.51. The Morgan fingerprint density at radius 2 is 2.00 bits per heavy atom. The normalized spacial score (nSPS) is 18.2. The van der Waals surface area contributed by atoms with Crippen LogP contribution < -0.4 is 0 Å². The molecule has 1 aromatic rings. The fraction of sp³-hybridized carbons (Fsp3) is 0.500. The number of rotatable bonds is 3. The molecule has 0 N–H and O–H groups in total. The molecule has 2 nitrogen and oxygen atoms in total. The van der Waals surface area contributed by atoms with Gasteiger partial charge in [-0.25, -0.2) is 0 Å². The highest BCUT2D eigenvalue weighted by molar-refractivity contribution is 6.31. The summed E-state index contributed by atoms with van der Waals surface area (Å²) < 4.78 is 0. The van der Waals surface area contributed by atoms with Crippen molar-refractivity contribution in [2.45, 2.75) is 26.3 Å². The second-order valence-electron chi connectivity index (χ2n) is 4.75. The molecule has 1 aromatic carbocycles. The maximum atomic E-state index is 11.3. The molecular formula is C14H18ClNO. The molecule has 0 unspecified atom stereocenters. The number of nitrogens with zero attached hydrogens (tertiary/aromatic N) is 1. The standard InChI is InChI=1S/C14H18ClNO/c1-11(17)12-6-8-16(9-7-12)10-13-4-2-3-5-14(13)15/h2-5,12H,6-10H2,1H3. The van der Waals surface area contributed by atoms with E-state index in [1.54, 1.807) is 6.92 Å². The average molecular weight is 252 g/mol. The molecule has 1 aliphatic heterocycles. The number of hydrogen-bond acceptors (Lipinski definition) is 2. The minimum atomic E-state index is 0.275. The molecular weight excluding hydrogens is 234 g/mol. The van der Waals surface area contributed by atoms with Crippen LogP contribution in [0.5, 0.6) is 0 Å². The summed E-state index contributed by atoms with van der Waals surface area (Å²) >= 11 is 6.14. The minimum Gasteiger partial charge on any atom is -0.300 e. The van der Waals surface area contributed by atoms with E-state index in [0.717, 1.165) is 37.5 Å². The van der Waals surface area contributed by atoms with Crippen LogP contribution in [0.25, 0.3) is 0 Å². The Balaban J connectivity index is 1.90. The summed E-state index contributed by atoms with van der Waals surface area (Å²) in [5.41, 5.74) is 1.18. The van der Waals surface area contributed by atoms with Gasteiger partial charge in [0.15, 0.2) is 0 Å². The van der Waals surface area contributed by atoms with E-state index in [9.17, 15) is 4.79 Å². The van der Waals surface area contributed by atoms with E-state index in [-0.39, 0.29) is 5.92 Å². The Morgan fingerprint density at radius 3 is 2.59 bits per heavy atom. The summed E-state index contributed by atoms with van der Waals surface area (Å²) in [6, 6.07) is 7.97. The molecule has 2 rings (SSSR count). The number of piperidine rings is 1. The number of halogens is 1. The summed E-state index contributed by atoms with van der Waals surface area (Å²) in [6.45, 7) is 4.59. The van der Waals surface area contributed by atoms with Gasteiger partial charge in [0.05, 0.1) is 0 Å². The van der Waals surface area contributed by atoms with Gasteiger partial charge >= 0.3 is 0 Å². The Bertz CT molecular complexity index is 397. The molecule has 1 fully saturated rings. The Kier molecular flexibility index (Phi) is 4.19. The zero-order chi connectivity index (χ0) is 12.3. The maximum absolute atomic E-state index is 11.3. The third kappa shape index (κ3) is 3.30. The quantitative estimate of drug-likeness (QED) is 0.823. The Hall–Kier alpha value is -0.860. The molecule has 1 saturated heterocycles. The predicted octanol–water partition coefficient (Wildman–Crippen LogP) is 3.14. The highest BCUT2D eigenvalue weighted by Crippen LogP contribution is 2.22. The molecule has 17 heavy (non-hydrogen) atoms. The zero-order valence-electron chi connectivity index (χ0n) is 10.2. The first-order chi connectivity index (χ1) is 8.16. The van der Waals surface area contributed by atoms with E-state index in [2.05, 4.69) is 11.0 Å². The summed E-state index contributed by atoms with van der Waals surface area (Å²) in [5, 5.41) is 0.834. The smallest absolute Gasteiger partial charge is 0.133 e. The highest BCUT2D eigenvalue weighted by atomic mass is 35.5. The van der Waals surface area contributed by atoms with Crippen molar-refractivity contribution in [2.75, 3.05) is 13.1 Å². The van der Waals surface area contributed by atoms with Gasteiger partial charge < -0.3 is 0 Å². The number of carbonyl (C=O) groups excluding carboxylic acids is 1. The minimum absolute atomic E-state index is 0.275. The lowest BCUT2D eigenvalue weighted by molar-refractivity contribution is -0.122. The van der Waals surface area contributed by atoms with Crippen LogP contribution in [0, 0.1) is 5.92 Å². The van der Waals surface area contributed by atoms with Crippen molar-refractivity contribution in [2.24, 2.45) is 5.92 Å². The van der Waals surface area contributed by atoms with Crippen molar-refractivity contribution in [1.82, 2.24) is 4.90 Å². The van der Waals surface area contributed by atoms with Crippen molar-refractivity contribution >= 4 is 17.4 Å². The SMILES string of the molecule is CC(=O)C1CCN(Cc2ccccc2Cl)CC1. The fourth-order valence-corrected chi connectivity index (χ4v) is 2.56. The predicted molar refractivity (Wildman–Crippen MR) is 70.1 cm³/mol. The molecule has 0 spiro atoms. The molecule has 0 bridgehead atoms. The zero-order valence-corrected chi connectivity index (χ0v) is 10.9. The average Bonchev–Trinajstić information content (AvgIpc) is 2.33. The second-order valence-corrected chi connectivity index (χ2v) is 5.16. The lowest BCUT2D eigenvalue weighted by atomic mass is 9.93. The van der Waals surface area contributed by atoms with E-state index in [1.807, 2.05) is 18.2 Å². The van der Waals surface area contributed by atoms with E-state index in [1.165, 1.54) is 5.56 Å². The van der Waals surface area contributed by atoms with Crippen LogP contribution in [0.4, 0.5) is 0 Å². The van der Waals surface area contributed by atoms with Crippen LogP contribution in [0.2, 0.25) is 5.02 Å². The largest absolute Gasteiger partial charge is 0.300 e. The van der Waals surface area contributed by atoms with E-state index in [0.29, 0.717) is 5.78 Å². The van der Waals surface area contributed by atoms with Gasteiger partial charge in [-0.15, -0.1) is 0 Å². The number of benzene rings is 1. The Morgan fingerprint density at radius 1 is 1.35 bits per heavy atom. The van der Waals surface area contributed by atoms with Gasteiger partial charge in [-0.1, -0.05) is 29.8 Å². The molecule has 0 amide bonds. The molecule has 0 atom stereocenters. The first kappa shape index (κ1) is 12.6. The van der Waals surface area contributed by atoms with E-state index in [4.69, 9.17) is 11.6 Å². The third-order valence-corrected chi connectivity index (χ3v) is 3.88. The topological polar surface area (TPSA) is 20.3 Å². The van der Waals surface area contributed by atoms with Crippen molar-refractivity contribution in [3.63, 3.8) is 0 Å². The van der Waals surface area contributed by atoms with Gasteiger partial charge in [0, 0.05) is 17.5 Å². The first-order valence-electron chi connectivity index (χ1n) is 6.13. The summed E-state index contributed by atoms with van der Waals surface area (Å²) in [7, 11) is 0. The molecule has 0 saturated carbocycles. The van der Waals surface area contributed by atoms with Crippen LogP contribution in [0.3, 0.4) is 0 Å². The summed E-state index contributed by atoms with van der Waals surface area (Å²) in [4.78, 5) is 13.7. The second kappa shape index (κ2) is 5.65. The van der Waals surface area contributed by atoms with Crippen molar-refractivity contribution < 1.29 is 4.79 Å². The number of likely N-dealkylation sites (tertiary alicyclic amines) is 1. The number of Topliss-reactive ketones (excluding diaryl/α,β-unsaturated/α-hetero) is 1. The summed E-state index contributed by atoms with van der Waals surface area (Å²) in [5.74, 6) is 0.611. The van der Waals surface area contributed by atoms with Gasteiger partial charge in [-0.05, 0) is 44.5 Å². The Labute approximate surface area is 108 Å².